The van der Waals surface area contributed by atoms with E-state index >= 15 is 0 Å². The SMILES string of the molecule is CC1(C)c2cc(C#N)ccc2-c2ccc(-c3ccccc3-c3cc(-c4ccccc4)nc(-c4ccccc4)n3)cc21. The number of benzene rings is 5. The summed E-state index contributed by atoms with van der Waals surface area (Å²) in [6.45, 7) is 4.49. The molecule has 3 nitrogen and oxygen atoms in total. The van der Waals surface area contributed by atoms with Gasteiger partial charge in [0.25, 0.3) is 0 Å². The van der Waals surface area contributed by atoms with Crippen LogP contribution in [0.1, 0.15) is 30.5 Å². The molecule has 41 heavy (non-hydrogen) atoms. The van der Waals surface area contributed by atoms with Gasteiger partial charge >= 0.3 is 0 Å². The molecule has 0 radical (unpaired) electrons. The Kier molecular flexibility index (Phi) is 5.84. The van der Waals surface area contributed by atoms with Gasteiger partial charge in [-0.15, -0.1) is 0 Å². The first-order valence-corrected chi connectivity index (χ1v) is 13.8. The Morgan fingerprint density at radius 3 is 1.80 bits per heavy atom. The van der Waals surface area contributed by atoms with Crippen LogP contribution in [0.2, 0.25) is 0 Å². The molecule has 0 fully saturated rings. The monoisotopic (exact) mass is 525 g/mol. The first kappa shape index (κ1) is 24.7. The van der Waals surface area contributed by atoms with Crippen molar-refractivity contribution in [3.05, 3.63) is 144 Å². The molecule has 0 N–H and O–H groups in total. The predicted molar refractivity (Wildman–Crippen MR) is 166 cm³/mol. The lowest BCUT2D eigenvalue weighted by Gasteiger charge is -2.22. The Balaban J connectivity index is 1.39. The Morgan fingerprint density at radius 2 is 1.10 bits per heavy atom. The highest BCUT2D eigenvalue weighted by molar-refractivity contribution is 5.88. The molecule has 0 saturated heterocycles. The van der Waals surface area contributed by atoms with Gasteiger partial charge < -0.3 is 0 Å². The molecule has 194 valence electrons. The lowest BCUT2D eigenvalue weighted by molar-refractivity contribution is 0.660. The van der Waals surface area contributed by atoms with Crippen LogP contribution < -0.4 is 0 Å². The highest BCUT2D eigenvalue weighted by atomic mass is 14.9. The molecule has 0 bridgehead atoms. The molecule has 0 atom stereocenters. The van der Waals surface area contributed by atoms with Gasteiger partial charge in [0, 0.05) is 22.1 Å². The lowest BCUT2D eigenvalue weighted by Crippen LogP contribution is -2.15. The second-order valence-corrected chi connectivity index (χ2v) is 11.0. The quantitative estimate of drug-likeness (QED) is 0.230. The van der Waals surface area contributed by atoms with E-state index < -0.39 is 0 Å². The summed E-state index contributed by atoms with van der Waals surface area (Å²) in [4.78, 5) is 10.1. The summed E-state index contributed by atoms with van der Waals surface area (Å²) in [5.41, 5.74) is 12.5. The molecule has 1 heterocycles. The molecule has 6 aromatic rings. The molecular weight excluding hydrogens is 498 g/mol. The Labute approximate surface area is 240 Å². The number of nitriles is 1. The highest BCUT2D eigenvalue weighted by Crippen LogP contribution is 2.50. The zero-order valence-corrected chi connectivity index (χ0v) is 23.0. The molecule has 0 unspecified atom stereocenters. The minimum absolute atomic E-state index is 0.210. The highest BCUT2D eigenvalue weighted by Gasteiger charge is 2.36. The largest absolute Gasteiger partial charge is 0.228 e. The van der Waals surface area contributed by atoms with Gasteiger partial charge in [-0.1, -0.05) is 117 Å². The van der Waals surface area contributed by atoms with Gasteiger partial charge in [0.05, 0.1) is 23.0 Å². The van der Waals surface area contributed by atoms with E-state index in [0.29, 0.717) is 11.4 Å². The van der Waals surface area contributed by atoms with Crippen molar-refractivity contribution in [2.45, 2.75) is 19.3 Å². The van der Waals surface area contributed by atoms with E-state index in [2.05, 4.69) is 98.8 Å². The molecule has 1 aromatic heterocycles. The van der Waals surface area contributed by atoms with Crippen LogP contribution in [0.3, 0.4) is 0 Å². The van der Waals surface area contributed by atoms with Crippen LogP contribution in [0.15, 0.2) is 127 Å². The summed E-state index contributed by atoms with van der Waals surface area (Å²) in [5.74, 6) is 0.704. The van der Waals surface area contributed by atoms with Crippen LogP contribution >= 0.6 is 0 Å². The smallest absolute Gasteiger partial charge is 0.160 e. The average Bonchev–Trinajstić information content (AvgIpc) is 3.26. The van der Waals surface area contributed by atoms with Crippen LogP contribution in [0.5, 0.6) is 0 Å². The molecule has 7 rings (SSSR count). The maximum Gasteiger partial charge on any atom is 0.160 e. The maximum absolute atomic E-state index is 9.51. The molecule has 0 amide bonds. The van der Waals surface area contributed by atoms with E-state index in [9.17, 15) is 5.26 Å². The third-order valence-electron chi connectivity index (χ3n) is 8.15. The van der Waals surface area contributed by atoms with Gasteiger partial charge in [-0.25, -0.2) is 9.97 Å². The molecule has 0 saturated carbocycles. The van der Waals surface area contributed by atoms with E-state index in [1.807, 2.05) is 48.5 Å². The van der Waals surface area contributed by atoms with Crippen molar-refractivity contribution in [2.75, 3.05) is 0 Å². The van der Waals surface area contributed by atoms with E-state index in [1.54, 1.807) is 0 Å². The number of aromatic nitrogens is 2. The van der Waals surface area contributed by atoms with Crippen molar-refractivity contribution in [1.82, 2.24) is 9.97 Å². The topological polar surface area (TPSA) is 49.6 Å². The molecule has 0 spiro atoms. The minimum Gasteiger partial charge on any atom is -0.228 e. The first-order chi connectivity index (χ1) is 20.0. The molecule has 5 aromatic carbocycles. The van der Waals surface area contributed by atoms with Crippen LogP contribution in [0, 0.1) is 11.3 Å². The molecule has 0 aliphatic heterocycles. The third kappa shape index (κ3) is 4.22. The van der Waals surface area contributed by atoms with Gasteiger partial charge in [-0.2, -0.15) is 5.26 Å². The fraction of sp³-hybridized carbons (Fsp3) is 0.0789. The van der Waals surface area contributed by atoms with Crippen LogP contribution in [0.4, 0.5) is 0 Å². The van der Waals surface area contributed by atoms with Crippen LogP contribution in [0.25, 0.3) is 56.2 Å². The van der Waals surface area contributed by atoms with Crippen molar-refractivity contribution in [3.8, 4) is 62.2 Å². The van der Waals surface area contributed by atoms with Crippen molar-refractivity contribution in [2.24, 2.45) is 0 Å². The van der Waals surface area contributed by atoms with Crippen molar-refractivity contribution >= 4 is 0 Å². The van der Waals surface area contributed by atoms with E-state index in [-0.39, 0.29) is 5.41 Å². The zero-order valence-electron chi connectivity index (χ0n) is 23.0. The molecule has 1 aliphatic carbocycles. The summed E-state index contributed by atoms with van der Waals surface area (Å²) in [6.07, 6.45) is 0. The van der Waals surface area contributed by atoms with Gasteiger partial charge in [0.1, 0.15) is 0 Å². The number of hydrogen-bond acceptors (Lipinski definition) is 3. The fourth-order valence-corrected chi connectivity index (χ4v) is 5.99. The van der Waals surface area contributed by atoms with Gasteiger partial charge in [0.15, 0.2) is 5.82 Å². The number of hydrogen-bond donors (Lipinski definition) is 0. The lowest BCUT2D eigenvalue weighted by atomic mass is 9.81. The summed E-state index contributed by atoms with van der Waals surface area (Å²) < 4.78 is 0. The van der Waals surface area contributed by atoms with Crippen molar-refractivity contribution in [1.29, 1.82) is 5.26 Å². The van der Waals surface area contributed by atoms with Crippen molar-refractivity contribution < 1.29 is 0 Å². The zero-order chi connectivity index (χ0) is 28.0. The maximum atomic E-state index is 9.51. The predicted octanol–water partition coefficient (Wildman–Crippen LogP) is 9.32. The summed E-state index contributed by atoms with van der Waals surface area (Å²) in [7, 11) is 0. The van der Waals surface area contributed by atoms with E-state index in [0.717, 1.165) is 39.2 Å². The molecule has 3 heteroatoms. The minimum atomic E-state index is -0.210. The van der Waals surface area contributed by atoms with Crippen LogP contribution in [-0.4, -0.2) is 9.97 Å². The standard InChI is InChI=1S/C38H27N3/c1-38(2)33-21-25(24-39)17-19-30(33)31-20-18-28(22-34(31)38)29-15-9-10-16-32(29)36-23-35(26-11-5-3-6-12-26)40-37(41-36)27-13-7-4-8-14-27/h3-23H,1-2H3. The Hall–Kier alpha value is -5.33. The summed E-state index contributed by atoms with van der Waals surface area (Å²) >= 11 is 0. The van der Waals surface area contributed by atoms with E-state index in [4.69, 9.17) is 9.97 Å². The van der Waals surface area contributed by atoms with E-state index in [1.165, 1.54) is 22.3 Å². The number of rotatable bonds is 4. The van der Waals surface area contributed by atoms with Crippen molar-refractivity contribution in [3.63, 3.8) is 0 Å². The average molecular weight is 526 g/mol. The van der Waals surface area contributed by atoms with Gasteiger partial charge in [-0.05, 0) is 57.6 Å². The van der Waals surface area contributed by atoms with Crippen LogP contribution in [-0.2, 0) is 5.41 Å². The Bertz CT molecular complexity index is 1910. The molecular formula is C38H27N3. The molecule has 1 aliphatic rings. The number of nitrogens with zero attached hydrogens (tertiary/aromatic N) is 3. The normalized spacial score (nSPS) is 12.8. The first-order valence-electron chi connectivity index (χ1n) is 13.8. The van der Waals surface area contributed by atoms with Gasteiger partial charge in [-0.3, -0.25) is 0 Å². The second kappa shape index (κ2) is 9.70. The van der Waals surface area contributed by atoms with Gasteiger partial charge in [0.2, 0.25) is 0 Å². The fourth-order valence-electron chi connectivity index (χ4n) is 5.99. The second-order valence-electron chi connectivity index (χ2n) is 11.0. The number of fused-ring (bicyclic) bond motifs is 3. The third-order valence-corrected chi connectivity index (χ3v) is 8.15. The summed E-state index contributed by atoms with van der Waals surface area (Å²) in [5, 5.41) is 9.51. The Morgan fingerprint density at radius 1 is 0.512 bits per heavy atom. The summed E-state index contributed by atoms with van der Waals surface area (Å²) in [6, 6.07) is 46.1.